The standard InChI is InChI=1S/C15H20ClNO3/c1-3-8-15(19)9-17(10-15)14(18)11(2)20-13-7-5-4-6-12(13)16/h4-7,11,19H,3,8-10H2,1-2H3. The van der Waals surface area contributed by atoms with Crippen LogP contribution in [0.2, 0.25) is 5.02 Å². The lowest BCUT2D eigenvalue weighted by molar-refractivity contribution is -0.162. The van der Waals surface area contributed by atoms with E-state index in [4.69, 9.17) is 16.3 Å². The lowest BCUT2D eigenvalue weighted by Gasteiger charge is -2.47. The van der Waals surface area contributed by atoms with Gasteiger partial charge in [-0.05, 0) is 25.5 Å². The number of aliphatic hydroxyl groups is 1. The minimum atomic E-state index is -0.714. The Bertz CT molecular complexity index is 486. The molecule has 1 aliphatic rings. The Morgan fingerprint density at radius 1 is 1.50 bits per heavy atom. The number of carbonyl (C=O) groups is 1. The normalized spacial score (nSPS) is 18.3. The van der Waals surface area contributed by atoms with Crippen LogP contribution in [0.3, 0.4) is 0 Å². The maximum atomic E-state index is 12.2. The van der Waals surface area contributed by atoms with Crippen LogP contribution in [0.5, 0.6) is 5.75 Å². The van der Waals surface area contributed by atoms with E-state index in [1.165, 1.54) is 0 Å². The monoisotopic (exact) mass is 297 g/mol. The van der Waals surface area contributed by atoms with Crippen molar-refractivity contribution >= 4 is 17.5 Å². The number of para-hydroxylation sites is 1. The van der Waals surface area contributed by atoms with E-state index in [0.29, 0.717) is 23.9 Å². The Labute approximate surface area is 124 Å². The van der Waals surface area contributed by atoms with Gasteiger partial charge >= 0.3 is 0 Å². The molecule has 0 bridgehead atoms. The molecule has 20 heavy (non-hydrogen) atoms. The first-order valence-electron chi connectivity index (χ1n) is 6.87. The molecule has 1 unspecified atom stereocenters. The van der Waals surface area contributed by atoms with E-state index in [-0.39, 0.29) is 5.91 Å². The average Bonchev–Trinajstić information content (AvgIpc) is 2.38. The van der Waals surface area contributed by atoms with Gasteiger partial charge in [0.05, 0.1) is 23.7 Å². The molecule has 1 fully saturated rings. The third-order valence-electron chi connectivity index (χ3n) is 3.49. The van der Waals surface area contributed by atoms with Gasteiger partial charge in [0, 0.05) is 0 Å². The Kier molecular flexibility index (Phi) is 4.55. The summed E-state index contributed by atoms with van der Waals surface area (Å²) in [5, 5.41) is 10.6. The molecule has 0 saturated carbocycles. The van der Waals surface area contributed by atoms with Gasteiger partial charge in [-0.3, -0.25) is 4.79 Å². The molecule has 1 amide bonds. The van der Waals surface area contributed by atoms with Gasteiger partial charge in [-0.15, -0.1) is 0 Å². The van der Waals surface area contributed by atoms with Crippen LogP contribution in [0.15, 0.2) is 24.3 Å². The summed E-state index contributed by atoms with van der Waals surface area (Å²) in [7, 11) is 0. The predicted molar refractivity (Wildman–Crippen MR) is 78.0 cm³/mol. The number of carbonyl (C=O) groups excluding carboxylic acids is 1. The highest BCUT2D eigenvalue weighted by atomic mass is 35.5. The van der Waals surface area contributed by atoms with Crippen molar-refractivity contribution in [3.8, 4) is 5.75 Å². The molecule has 4 nitrogen and oxygen atoms in total. The summed E-state index contributed by atoms with van der Waals surface area (Å²) < 4.78 is 5.59. The number of hydrogen-bond acceptors (Lipinski definition) is 3. The summed E-state index contributed by atoms with van der Waals surface area (Å²) >= 11 is 6.00. The number of halogens is 1. The Hall–Kier alpha value is -1.26. The van der Waals surface area contributed by atoms with Gasteiger partial charge in [0.15, 0.2) is 6.10 Å². The number of benzene rings is 1. The number of β-amino-alcohol motifs (C(OH)–C–C–N with tert-alkyl or cyclic N) is 1. The molecule has 0 aliphatic carbocycles. The molecule has 0 spiro atoms. The van der Waals surface area contributed by atoms with Crippen molar-refractivity contribution < 1.29 is 14.6 Å². The number of ether oxygens (including phenoxy) is 1. The summed E-state index contributed by atoms with van der Waals surface area (Å²) in [6.45, 7) is 4.49. The molecule has 0 radical (unpaired) electrons. The fourth-order valence-corrected chi connectivity index (χ4v) is 2.66. The highest BCUT2D eigenvalue weighted by Gasteiger charge is 2.44. The van der Waals surface area contributed by atoms with Crippen LogP contribution in [-0.4, -0.2) is 40.7 Å². The zero-order valence-corrected chi connectivity index (χ0v) is 12.6. The van der Waals surface area contributed by atoms with E-state index in [2.05, 4.69) is 0 Å². The highest BCUT2D eigenvalue weighted by molar-refractivity contribution is 6.32. The minimum absolute atomic E-state index is 0.120. The summed E-state index contributed by atoms with van der Waals surface area (Å²) in [5.41, 5.74) is -0.714. The zero-order chi connectivity index (χ0) is 14.8. The topological polar surface area (TPSA) is 49.8 Å². The number of likely N-dealkylation sites (tertiary alicyclic amines) is 1. The molecule has 1 aromatic carbocycles. The third-order valence-corrected chi connectivity index (χ3v) is 3.80. The van der Waals surface area contributed by atoms with E-state index < -0.39 is 11.7 Å². The molecule has 1 saturated heterocycles. The van der Waals surface area contributed by atoms with Crippen LogP contribution >= 0.6 is 11.6 Å². The predicted octanol–water partition coefficient (Wildman–Crippen LogP) is 2.48. The Morgan fingerprint density at radius 2 is 2.15 bits per heavy atom. The molecule has 1 atom stereocenters. The van der Waals surface area contributed by atoms with Crippen LogP contribution < -0.4 is 4.74 Å². The van der Waals surface area contributed by atoms with Crippen LogP contribution in [0, 0.1) is 0 Å². The lowest BCUT2D eigenvalue weighted by atomic mass is 9.89. The number of amides is 1. The Morgan fingerprint density at radius 3 is 2.75 bits per heavy atom. The summed E-state index contributed by atoms with van der Waals surface area (Å²) in [6.07, 6.45) is 1.02. The SMILES string of the molecule is CCCC1(O)CN(C(=O)C(C)Oc2ccccc2Cl)C1. The van der Waals surface area contributed by atoms with Gasteiger partial charge in [0.1, 0.15) is 5.75 Å². The first-order chi connectivity index (χ1) is 9.45. The lowest BCUT2D eigenvalue weighted by Crippen LogP contribution is -2.65. The molecule has 1 aliphatic heterocycles. The van der Waals surface area contributed by atoms with E-state index in [0.717, 1.165) is 12.8 Å². The van der Waals surface area contributed by atoms with Crippen molar-refractivity contribution in [2.24, 2.45) is 0 Å². The molecule has 1 heterocycles. The molecular formula is C15H20ClNO3. The molecule has 2 rings (SSSR count). The minimum Gasteiger partial charge on any atom is -0.479 e. The van der Waals surface area contributed by atoms with Gasteiger partial charge in [0.25, 0.3) is 5.91 Å². The second-order valence-electron chi connectivity index (χ2n) is 5.36. The van der Waals surface area contributed by atoms with Crippen molar-refractivity contribution in [2.45, 2.75) is 38.4 Å². The maximum absolute atomic E-state index is 12.2. The molecule has 5 heteroatoms. The second kappa shape index (κ2) is 6.02. The molecule has 1 N–H and O–H groups in total. The molecule has 0 aromatic heterocycles. The van der Waals surface area contributed by atoms with Crippen molar-refractivity contribution in [2.75, 3.05) is 13.1 Å². The highest BCUT2D eigenvalue weighted by Crippen LogP contribution is 2.28. The maximum Gasteiger partial charge on any atom is 0.263 e. The van der Waals surface area contributed by atoms with Gasteiger partial charge in [-0.25, -0.2) is 0 Å². The first-order valence-corrected chi connectivity index (χ1v) is 7.25. The first kappa shape index (κ1) is 15.1. The Balaban J connectivity index is 1.90. The van der Waals surface area contributed by atoms with E-state index in [9.17, 15) is 9.90 Å². The smallest absolute Gasteiger partial charge is 0.263 e. The third kappa shape index (κ3) is 3.25. The summed E-state index contributed by atoms with van der Waals surface area (Å²) in [6, 6.07) is 7.07. The van der Waals surface area contributed by atoms with Crippen molar-refractivity contribution in [3.63, 3.8) is 0 Å². The van der Waals surface area contributed by atoms with Gasteiger partial charge in [-0.2, -0.15) is 0 Å². The van der Waals surface area contributed by atoms with Crippen LogP contribution in [-0.2, 0) is 4.79 Å². The molecular weight excluding hydrogens is 278 g/mol. The van der Waals surface area contributed by atoms with Crippen LogP contribution in [0.25, 0.3) is 0 Å². The summed E-state index contributed by atoms with van der Waals surface area (Å²) in [4.78, 5) is 13.8. The number of rotatable bonds is 5. The number of nitrogens with zero attached hydrogens (tertiary/aromatic N) is 1. The van der Waals surface area contributed by atoms with Gasteiger partial charge in [0.2, 0.25) is 0 Å². The van der Waals surface area contributed by atoms with Crippen molar-refractivity contribution in [1.29, 1.82) is 0 Å². The largest absolute Gasteiger partial charge is 0.479 e. The van der Waals surface area contributed by atoms with E-state index in [1.54, 1.807) is 24.0 Å². The van der Waals surface area contributed by atoms with Crippen LogP contribution in [0.1, 0.15) is 26.7 Å². The molecule has 110 valence electrons. The van der Waals surface area contributed by atoms with E-state index >= 15 is 0 Å². The zero-order valence-electron chi connectivity index (χ0n) is 11.8. The van der Waals surface area contributed by atoms with Crippen molar-refractivity contribution in [3.05, 3.63) is 29.3 Å². The average molecular weight is 298 g/mol. The number of hydrogen-bond donors (Lipinski definition) is 1. The van der Waals surface area contributed by atoms with E-state index in [1.807, 2.05) is 19.1 Å². The van der Waals surface area contributed by atoms with Gasteiger partial charge < -0.3 is 14.7 Å². The quantitative estimate of drug-likeness (QED) is 0.908. The second-order valence-corrected chi connectivity index (χ2v) is 5.77. The van der Waals surface area contributed by atoms with Crippen molar-refractivity contribution in [1.82, 2.24) is 4.90 Å². The van der Waals surface area contributed by atoms with Crippen LogP contribution in [0.4, 0.5) is 0 Å². The molecule has 1 aromatic rings. The fraction of sp³-hybridized carbons (Fsp3) is 0.533. The fourth-order valence-electron chi connectivity index (χ4n) is 2.48. The summed E-state index contributed by atoms with van der Waals surface area (Å²) in [5.74, 6) is 0.380. The van der Waals surface area contributed by atoms with Gasteiger partial charge in [-0.1, -0.05) is 37.1 Å².